The third kappa shape index (κ3) is 4.93. The zero-order valence-electron chi connectivity index (χ0n) is 8.49. The average Bonchev–Trinajstić information content (AvgIpc) is 2.14. The van der Waals surface area contributed by atoms with E-state index in [0.717, 1.165) is 0 Å². The molecule has 0 radical (unpaired) electrons. The van der Waals surface area contributed by atoms with Crippen LogP contribution in [0.2, 0.25) is 0 Å². The number of carboxylic acid groups (broad SMARTS) is 4. The standard InChI is InChI=1S/C8H11NO8/c10-5(11)3(6(12)13)1-9-2-4(7(14)15)8(16)17/h3-4,9H,1-2H2,(H,10,11)(H,12,13)(H,14,15)(H,16,17). The van der Waals surface area contributed by atoms with Gasteiger partial charge < -0.3 is 25.7 Å². The van der Waals surface area contributed by atoms with Gasteiger partial charge in [-0.1, -0.05) is 0 Å². The van der Waals surface area contributed by atoms with Crippen LogP contribution in [0.3, 0.4) is 0 Å². The van der Waals surface area contributed by atoms with Crippen LogP contribution >= 0.6 is 0 Å². The molecule has 0 saturated carbocycles. The van der Waals surface area contributed by atoms with Crippen LogP contribution in [0.25, 0.3) is 0 Å². The van der Waals surface area contributed by atoms with Crippen LogP contribution in [0.1, 0.15) is 0 Å². The fourth-order valence-corrected chi connectivity index (χ4v) is 0.933. The van der Waals surface area contributed by atoms with Crippen LogP contribution in [0.15, 0.2) is 0 Å². The third-order valence-electron chi connectivity index (χ3n) is 1.89. The molecule has 0 aliphatic carbocycles. The quantitative estimate of drug-likeness (QED) is 0.311. The first kappa shape index (κ1) is 14.8. The highest BCUT2D eigenvalue weighted by Crippen LogP contribution is 1.98. The molecule has 0 rings (SSSR count). The van der Waals surface area contributed by atoms with E-state index in [4.69, 9.17) is 20.4 Å². The zero-order valence-corrected chi connectivity index (χ0v) is 8.49. The maximum absolute atomic E-state index is 10.4. The predicted octanol–water partition coefficient (Wildman–Crippen LogP) is -1.85. The minimum absolute atomic E-state index is 0.554. The van der Waals surface area contributed by atoms with Gasteiger partial charge in [-0.15, -0.1) is 0 Å². The summed E-state index contributed by atoms with van der Waals surface area (Å²) in [5.41, 5.74) is 0. The summed E-state index contributed by atoms with van der Waals surface area (Å²) in [5, 5.41) is 36.1. The lowest BCUT2D eigenvalue weighted by atomic mass is 10.1. The molecule has 0 spiro atoms. The largest absolute Gasteiger partial charge is 0.481 e. The highest BCUT2D eigenvalue weighted by Gasteiger charge is 2.28. The molecule has 5 N–H and O–H groups in total. The van der Waals surface area contributed by atoms with Gasteiger partial charge in [-0.05, 0) is 0 Å². The Hall–Kier alpha value is -2.16. The number of carboxylic acids is 4. The van der Waals surface area contributed by atoms with E-state index < -0.39 is 48.8 Å². The van der Waals surface area contributed by atoms with Crippen molar-refractivity contribution >= 4 is 23.9 Å². The summed E-state index contributed by atoms with van der Waals surface area (Å²) in [5.74, 6) is -9.87. The Morgan fingerprint density at radius 3 is 1.12 bits per heavy atom. The van der Waals surface area contributed by atoms with Crippen LogP contribution in [-0.2, 0) is 19.2 Å². The van der Waals surface area contributed by atoms with Gasteiger partial charge in [0.1, 0.15) is 0 Å². The molecular formula is C8H11NO8. The minimum atomic E-state index is -1.75. The van der Waals surface area contributed by atoms with Gasteiger partial charge in [0.05, 0.1) is 0 Å². The maximum atomic E-state index is 10.4. The molecule has 0 unspecified atom stereocenters. The lowest BCUT2D eigenvalue weighted by molar-refractivity contribution is -0.154. The van der Waals surface area contributed by atoms with Crippen molar-refractivity contribution in [1.82, 2.24) is 5.32 Å². The molecule has 9 nitrogen and oxygen atoms in total. The zero-order chi connectivity index (χ0) is 13.6. The van der Waals surface area contributed by atoms with Gasteiger partial charge >= 0.3 is 23.9 Å². The summed E-state index contributed by atoms with van der Waals surface area (Å²) in [7, 11) is 0. The Labute approximate surface area is 94.7 Å². The summed E-state index contributed by atoms with van der Waals surface area (Å²) < 4.78 is 0. The highest BCUT2D eigenvalue weighted by atomic mass is 16.4. The molecule has 0 amide bonds. The van der Waals surface area contributed by atoms with Crippen LogP contribution in [0, 0.1) is 11.8 Å². The molecule has 0 aromatic carbocycles. The fraction of sp³-hybridized carbons (Fsp3) is 0.500. The topological polar surface area (TPSA) is 161 Å². The van der Waals surface area contributed by atoms with Crippen molar-refractivity contribution in [2.75, 3.05) is 13.1 Å². The highest BCUT2D eigenvalue weighted by molar-refractivity contribution is 5.94. The lowest BCUT2D eigenvalue weighted by Crippen LogP contribution is -2.40. The summed E-state index contributed by atoms with van der Waals surface area (Å²) in [6.45, 7) is -1.11. The van der Waals surface area contributed by atoms with Gasteiger partial charge in [-0.3, -0.25) is 19.2 Å². The summed E-state index contributed by atoms with van der Waals surface area (Å²) in [4.78, 5) is 41.7. The van der Waals surface area contributed by atoms with Gasteiger partial charge in [0.15, 0.2) is 11.8 Å². The first-order valence-corrected chi connectivity index (χ1v) is 4.39. The maximum Gasteiger partial charge on any atom is 0.319 e. The fourth-order valence-electron chi connectivity index (χ4n) is 0.933. The van der Waals surface area contributed by atoms with Crippen molar-refractivity contribution in [2.24, 2.45) is 11.8 Å². The van der Waals surface area contributed by atoms with Crippen molar-refractivity contribution in [2.45, 2.75) is 0 Å². The third-order valence-corrected chi connectivity index (χ3v) is 1.89. The normalized spacial score (nSPS) is 10.5. The van der Waals surface area contributed by atoms with Gasteiger partial charge in [-0.25, -0.2) is 0 Å². The number of rotatable bonds is 8. The molecule has 0 fully saturated rings. The van der Waals surface area contributed by atoms with Gasteiger partial charge in [0, 0.05) is 13.1 Å². The Kier molecular flexibility index (Phi) is 5.61. The van der Waals surface area contributed by atoms with Crippen LogP contribution in [-0.4, -0.2) is 57.4 Å². The second-order valence-corrected chi connectivity index (χ2v) is 3.12. The molecule has 0 saturated heterocycles. The minimum Gasteiger partial charge on any atom is -0.481 e. The molecule has 9 heteroatoms. The van der Waals surface area contributed by atoms with E-state index in [1.165, 1.54) is 0 Å². The van der Waals surface area contributed by atoms with Crippen molar-refractivity contribution in [1.29, 1.82) is 0 Å². The molecule has 0 atom stereocenters. The second-order valence-electron chi connectivity index (χ2n) is 3.12. The number of aliphatic carboxylic acids is 4. The molecule has 0 bridgehead atoms. The van der Waals surface area contributed by atoms with Crippen molar-refractivity contribution in [3.63, 3.8) is 0 Å². The second kappa shape index (κ2) is 6.43. The predicted molar refractivity (Wildman–Crippen MR) is 50.4 cm³/mol. The average molecular weight is 249 g/mol. The lowest BCUT2D eigenvalue weighted by Gasteiger charge is -2.11. The smallest absolute Gasteiger partial charge is 0.319 e. The molecule has 17 heavy (non-hydrogen) atoms. The van der Waals surface area contributed by atoms with E-state index in [-0.39, 0.29) is 0 Å². The number of hydrogen-bond acceptors (Lipinski definition) is 5. The number of carbonyl (C=O) groups is 4. The monoisotopic (exact) mass is 249 g/mol. The molecule has 96 valence electrons. The van der Waals surface area contributed by atoms with E-state index in [0.29, 0.717) is 0 Å². The molecule has 0 aromatic heterocycles. The Balaban J connectivity index is 4.29. The Morgan fingerprint density at radius 1 is 0.706 bits per heavy atom. The van der Waals surface area contributed by atoms with E-state index in [1.54, 1.807) is 0 Å². The molecule has 0 heterocycles. The van der Waals surface area contributed by atoms with Crippen molar-refractivity contribution < 1.29 is 39.6 Å². The molecular weight excluding hydrogens is 238 g/mol. The molecule has 0 aliphatic rings. The van der Waals surface area contributed by atoms with E-state index in [9.17, 15) is 19.2 Å². The summed E-state index contributed by atoms with van der Waals surface area (Å²) in [6, 6.07) is 0. The van der Waals surface area contributed by atoms with Gasteiger partial charge in [0.25, 0.3) is 0 Å². The number of hydrogen-bond donors (Lipinski definition) is 5. The van der Waals surface area contributed by atoms with Crippen molar-refractivity contribution in [3.8, 4) is 0 Å². The summed E-state index contributed by atoms with van der Waals surface area (Å²) >= 11 is 0. The first-order valence-electron chi connectivity index (χ1n) is 4.39. The van der Waals surface area contributed by atoms with Crippen LogP contribution < -0.4 is 5.32 Å². The molecule has 0 aliphatic heterocycles. The van der Waals surface area contributed by atoms with Crippen LogP contribution in [0.5, 0.6) is 0 Å². The van der Waals surface area contributed by atoms with E-state index in [1.807, 2.05) is 0 Å². The van der Waals surface area contributed by atoms with E-state index in [2.05, 4.69) is 5.32 Å². The van der Waals surface area contributed by atoms with E-state index >= 15 is 0 Å². The SMILES string of the molecule is O=C(O)C(CNCC(C(=O)O)C(=O)O)C(=O)O. The Bertz CT molecular complexity index is 278. The van der Waals surface area contributed by atoms with Gasteiger partial charge in [0.2, 0.25) is 0 Å². The van der Waals surface area contributed by atoms with Crippen LogP contribution in [0.4, 0.5) is 0 Å². The summed E-state index contributed by atoms with van der Waals surface area (Å²) in [6.07, 6.45) is 0. The Morgan fingerprint density at radius 2 is 0.941 bits per heavy atom. The molecule has 0 aromatic rings. The number of nitrogens with one attached hydrogen (secondary N) is 1. The first-order chi connectivity index (χ1) is 7.77. The van der Waals surface area contributed by atoms with Gasteiger partial charge in [-0.2, -0.15) is 0 Å². The van der Waals surface area contributed by atoms with Crippen molar-refractivity contribution in [3.05, 3.63) is 0 Å².